The van der Waals surface area contributed by atoms with Gasteiger partial charge in [0.15, 0.2) is 5.82 Å². The summed E-state index contributed by atoms with van der Waals surface area (Å²) in [5, 5.41) is 3.47. The zero-order valence-electron chi connectivity index (χ0n) is 21.5. The summed E-state index contributed by atoms with van der Waals surface area (Å²) < 4.78 is 19.8. The monoisotopic (exact) mass is 537 g/mol. The molecule has 1 fully saturated rings. The van der Waals surface area contributed by atoms with Crippen LogP contribution in [0, 0.1) is 5.82 Å². The Balaban J connectivity index is 1.23. The van der Waals surface area contributed by atoms with Gasteiger partial charge in [-0.2, -0.15) is 0 Å². The Kier molecular flexibility index (Phi) is 7.18. The van der Waals surface area contributed by atoms with Crippen LogP contribution in [0.5, 0.6) is 0 Å². The van der Waals surface area contributed by atoms with E-state index in [1.54, 1.807) is 23.2 Å². The number of hydrogen-bond acceptors (Lipinski definition) is 7. The quantitative estimate of drug-likeness (QED) is 0.341. The summed E-state index contributed by atoms with van der Waals surface area (Å²) in [4.78, 5) is 32.4. The highest BCUT2D eigenvalue weighted by Gasteiger charge is 2.26. The number of pyridine rings is 2. The van der Waals surface area contributed by atoms with Gasteiger partial charge in [-0.3, -0.25) is 9.88 Å². The van der Waals surface area contributed by atoms with Gasteiger partial charge in [0.05, 0.1) is 22.3 Å². The third-order valence-corrected chi connectivity index (χ3v) is 6.41. The molecule has 0 radical (unpaired) electrons. The highest BCUT2D eigenvalue weighted by atomic mass is 35.5. The molecule has 1 aliphatic rings. The zero-order chi connectivity index (χ0) is 26.9. The number of aromatic amines is 1. The Labute approximate surface area is 225 Å². The van der Waals surface area contributed by atoms with Crippen molar-refractivity contribution in [1.29, 1.82) is 0 Å². The van der Waals surface area contributed by atoms with Gasteiger partial charge in [-0.15, -0.1) is 0 Å². The predicted molar refractivity (Wildman–Crippen MR) is 145 cm³/mol. The van der Waals surface area contributed by atoms with Gasteiger partial charge in [0, 0.05) is 50.7 Å². The fourth-order valence-electron chi connectivity index (χ4n) is 4.35. The molecular formula is C27H29ClFN7O2. The van der Waals surface area contributed by atoms with Gasteiger partial charge >= 0.3 is 6.09 Å². The summed E-state index contributed by atoms with van der Waals surface area (Å²) in [6, 6.07) is 9.34. The number of aromatic nitrogens is 4. The topological polar surface area (TPSA) is 99.3 Å². The van der Waals surface area contributed by atoms with Crippen LogP contribution in [0.3, 0.4) is 0 Å². The van der Waals surface area contributed by atoms with Gasteiger partial charge in [0.25, 0.3) is 0 Å². The van der Waals surface area contributed by atoms with E-state index in [1.165, 1.54) is 6.20 Å². The number of hydrogen-bond donors (Lipinski definition) is 2. The number of piperazine rings is 1. The number of ether oxygens (including phenoxy) is 1. The van der Waals surface area contributed by atoms with Gasteiger partial charge in [-0.25, -0.2) is 19.2 Å². The van der Waals surface area contributed by atoms with Crippen LogP contribution in [-0.2, 0) is 11.3 Å². The van der Waals surface area contributed by atoms with Crippen LogP contribution >= 0.6 is 11.6 Å². The maximum atomic E-state index is 14.3. The molecule has 0 spiro atoms. The lowest BCUT2D eigenvalue weighted by Gasteiger charge is -2.35. The van der Waals surface area contributed by atoms with E-state index in [4.69, 9.17) is 16.3 Å². The van der Waals surface area contributed by atoms with Gasteiger partial charge in [0.1, 0.15) is 11.4 Å². The Hall–Kier alpha value is -3.76. The lowest BCUT2D eigenvalue weighted by Crippen LogP contribution is -2.49. The van der Waals surface area contributed by atoms with Gasteiger partial charge in [-0.1, -0.05) is 17.7 Å². The molecule has 4 aromatic rings. The van der Waals surface area contributed by atoms with Crippen LogP contribution in [0.15, 0.2) is 48.9 Å². The Bertz CT molecular complexity index is 1440. The molecule has 2 N–H and O–H groups in total. The summed E-state index contributed by atoms with van der Waals surface area (Å²) in [5.74, 6) is 0.688. The molecule has 1 aliphatic heterocycles. The fourth-order valence-corrected chi connectivity index (χ4v) is 4.60. The number of nitrogens with zero attached hydrogens (tertiary/aromatic N) is 5. The van der Waals surface area contributed by atoms with Gasteiger partial charge in [-0.05, 0) is 56.2 Å². The molecule has 9 nitrogen and oxygen atoms in total. The molecule has 4 heterocycles. The van der Waals surface area contributed by atoms with E-state index in [0.29, 0.717) is 36.0 Å². The first-order valence-electron chi connectivity index (χ1n) is 12.4. The van der Waals surface area contributed by atoms with Crippen molar-refractivity contribution in [2.75, 3.05) is 31.5 Å². The lowest BCUT2D eigenvalue weighted by molar-refractivity contribution is 0.0139. The number of fused-ring (bicyclic) bond motifs is 1. The van der Waals surface area contributed by atoms with Gasteiger partial charge < -0.3 is 19.9 Å². The maximum Gasteiger partial charge on any atom is 0.410 e. The van der Waals surface area contributed by atoms with Crippen LogP contribution in [0.2, 0.25) is 5.02 Å². The third-order valence-electron chi connectivity index (χ3n) is 6.12. The molecule has 198 valence electrons. The number of benzene rings is 1. The standard InChI is InChI=1S/C27H29ClFN7O2/c1-27(2,3)38-26(37)36-10-8-35(9-11-36)16-17-6-7-31-23(12-17)34-25-32-21-5-4-18(13-22(21)33-25)24-19(28)14-30-15-20(24)29/h4-7,12-15H,8-11,16H2,1-3H3,(H2,31,32,33,34). The SMILES string of the molecule is CC(C)(C)OC(=O)N1CCN(Cc2ccnc(Nc3nc4ccc(-c5c(F)cncc5Cl)cc4[nH]3)c2)CC1. The van der Waals surface area contributed by atoms with Crippen molar-refractivity contribution in [2.24, 2.45) is 0 Å². The first-order valence-corrected chi connectivity index (χ1v) is 12.7. The van der Waals surface area contributed by atoms with E-state index in [1.807, 2.05) is 39.0 Å². The van der Waals surface area contributed by atoms with E-state index >= 15 is 0 Å². The zero-order valence-corrected chi connectivity index (χ0v) is 22.2. The second-order valence-corrected chi connectivity index (χ2v) is 10.6. The molecule has 5 rings (SSSR count). The molecule has 0 saturated carbocycles. The average Bonchev–Trinajstić information content (AvgIpc) is 3.25. The van der Waals surface area contributed by atoms with Crippen molar-refractivity contribution in [3.05, 3.63) is 65.3 Å². The van der Waals surface area contributed by atoms with Crippen LogP contribution in [-0.4, -0.2) is 67.6 Å². The van der Waals surface area contributed by atoms with Crippen molar-refractivity contribution in [2.45, 2.75) is 32.9 Å². The number of amides is 1. The van der Waals surface area contributed by atoms with Crippen molar-refractivity contribution >= 4 is 40.5 Å². The predicted octanol–water partition coefficient (Wildman–Crippen LogP) is 5.61. The first kappa shape index (κ1) is 25.9. The van der Waals surface area contributed by atoms with Crippen molar-refractivity contribution in [3.8, 4) is 11.1 Å². The highest BCUT2D eigenvalue weighted by molar-refractivity contribution is 6.33. The Morgan fingerprint density at radius 2 is 1.95 bits per heavy atom. The summed E-state index contributed by atoms with van der Waals surface area (Å²) in [7, 11) is 0. The molecule has 3 aromatic heterocycles. The minimum atomic E-state index is -0.498. The minimum absolute atomic E-state index is 0.245. The summed E-state index contributed by atoms with van der Waals surface area (Å²) in [6.07, 6.45) is 4.05. The smallest absolute Gasteiger partial charge is 0.410 e. The molecule has 0 atom stereocenters. The largest absolute Gasteiger partial charge is 0.444 e. The van der Waals surface area contributed by atoms with E-state index in [-0.39, 0.29) is 11.1 Å². The molecule has 11 heteroatoms. The van der Waals surface area contributed by atoms with Crippen LogP contribution < -0.4 is 5.32 Å². The lowest BCUT2D eigenvalue weighted by atomic mass is 10.1. The fraction of sp³-hybridized carbons (Fsp3) is 0.333. The highest BCUT2D eigenvalue weighted by Crippen LogP contribution is 2.32. The van der Waals surface area contributed by atoms with E-state index in [9.17, 15) is 9.18 Å². The molecule has 0 bridgehead atoms. The third kappa shape index (κ3) is 6.03. The van der Waals surface area contributed by atoms with Crippen molar-refractivity contribution in [1.82, 2.24) is 29.7 Å². The van der Waals surface area contributed by atoms with Crippen molar-refractivity contribution < 1.29 is 13.9 Å². The number of anilines is 2. The van der Waals surface area contributed by atoms with E-state index in [2.05, 4.69) is 30.2 Å². The minimum Gasteiger partial charge on any atom is -0.444 e. The second-order valence-electron chi connectivity index (χ2n) is 10.2. The molecule has 38 heavy (non-hydrogen) atoms. The average molecular weight is 538 g/mol. The molecule has 1 aromatic carbocycles. The molecule has 1 saturated heterocycles. The number of nitrogens with one attached hydrogen (secondary N) is 2. The number of imidazole rings is 1. The maximum absolute atomic E-state index is 14.3. The number of halogens is 2. The molecular weight excluding hydrogens is 509 g/mol. The van der Waals surface area contributed by atoms with E-state index in [0.717, 1.165) is 42.4 Å². The van der Waals surface area contributed by atoms with Crippen LogP contribution in [0.25, 0.3) is 22.2 Å². The number of carbonyl (C=O) groups is 1. The van der Waals surface area contributed by atoms with E-state index < -0.39 is 11.4 Å². The molecule has 0 aliphatic carbocycles. The summed E-state index contributed by atoms with van der Waals surface area (Å²) in [6.45, 7) is 9.13. The Morgan fingerprint density at radius 1 is 1.16 bits per heavy atom. The Morgan fingerprint density at radius 3 is 2.68 bits per heavy atom. The van der Waals surface area contributed by atoms with Gasteiger partial charge in [0.2, 0.25) is 5.95 Å². The van der Waals surface area contributed by atoms with Crippen LogP contribution in [0.1, 0.15) is 26.3 Å². The van der Waals surface area contributed by atoms with Crippen molar-refractivity contribution in [3.63, 3.8) is 0 Å². The molecule has 1 amide bonds. The first-order chi connectivity index (χ1) is 18.1. The second kappa shape index (κ2) is 10.5. The van der Waals surface area contributed by atoms with Crippen LogP contribution in [0.4, 0.5) is 21.0 Å². The number of rotatable bonds is 5. The normalized spacial score (nSPS) is 14.6. The summed E-state index contributed by atoms with van der Waals surface area (Å²) in [5.41, 5.74) is 2.98. The molecule has 0 unspecified atom stereocenters. The number of carbonyl (C=O) groups excluding carboxylic acids is 1. The summed E-state index contributed by atoms with van der Waals surface area (Å²) >= 11 is 6.18. The number of H-pyrrole nitrogens is 1.